The predicted octanol–water partition coefficient (Wildman–Crippen LogP) is 0.928. The number of aryl methyl sites for hydroxylation is 1. The van der Waals surface area contributed by atoms with Crippen molar-refractivity contribution in [3.63, 3.8) is 0 Å². The molecule has 2 rings (SSSR count). The zero-order valence-corrected chi connectivity index (χ0v) is 14.8. The first-order valence-electron chi connectivity index (χ1n) is 8.62. The van der Waals surface area contributed by atoms with E-state index >= 15 is 0 Å². The Bertz CT molecular complexity index is 600. The molecule has 1 atom stereocenters. The summed E-state index contributed by atoms with van der Waals surface area (Å²) in [5, 5.41) is 7.02. The maximum atomic E-state index is 11.7. The van der Waals surface area contributed by atoms with Gasteiger partial charge in [0.15, 0.2) is 0 Å². The zero-order chi connectivity index (χ0) is 17.5. The maximum absolute atomic E-state index is 11.7. The lowest BCUT2D eigenvalue weighted by Crippen LogP contribution is -2.44. The van der Waals surface area contributed by atoms with E-state index in [2.05, 4.69) is 29.2 Å². The van der Waals surface area contributed by atoms with Crippen LogP contribution in [-0.4, -0.2) is 48.0 Å². The summed E-state index contributed by atoms with van der Waals surface area (Å²) < 4.78 is 7.08. The molecule has 1 saturated heterocycles. The van der Waals surface area contributed by atoms with Crippen LogP contribution in [0, 0.1) is 5.92 Å². The van der Waals surface area contributed by atoms with E-state index in [-0.39, 0.29) is 17.6 Å². The molecule has 1 aromatic rings. The van der Waals surface area contributed by atoms with Crippen molar-refractivity contribution in [2.24, 2.45) is 13.0 Å². The average molecular weight is 336 g/mol. The van der Waals surface area contributed by atoms with Crippen molar-refractivity contribution >= 4 is 11.6 Å². The summed E-state index contributed by atoms with van der Waals surface area (Å²) in [6, 6.07) is 1.60. The van der Waals surface area contributed by atoms with Gasteiger partial charge in [0.05, 0.1) is 24.6 Å². The minimum Gasteiger partial charge on any atom is -0.374 e. The number of nitrogens with zero attached hydrogens (tertiary/aromatic N) is 3. The Balaban J connectivity index is 1.77. The molecule has 24 heavy (non-hydrogen) atoms. The highest BCUT2D eigenvalue weighted by atomic mass is 16.5. The molecule has 1 aliphatic rings. The molecule has 7 nitrogen and oxygen atoms in total. The van der Waals surface area contributed by atoms with Gasteiger partial charge in [0, 0.05) is 39.2 Å². The summed E-state index contributed by atoms with van der Waals surface area (Å²) in [5.74, 6) is 0.644. The SMILES string of the molecule is CC(C)CCC(=O)NCCC1CN(c2cnn(C)c(=O)c2)CCO1. The van der Waals surface area contributed by atoms with Gasteiger partial charge in [0.2, 0.25) is 5.91 Å². The number of hydrogen-bond donors (Lipinski definition) is 1. The summed E-state index contributed by atoms with van der Waals surface area (Å²) >= 11 is 0. The first-order valence-corrected chi connectivity index (χ1v) is 8.62. The Morgan fingerprint density at radius 3 is 3.00 bits per heavy atom. The molecule has 0 aliphatic carbocycles. The van der Waals surface area contributed by atoms with E-state index in [1.54, 1.807) is 19.3 Å². The predicted molar refractivity (Wildman–Crippen MR) is 93.1 cm³/mol. The fraction of sp³-hybridized carbons (Fsp3) is 0.706. The second-order valence-corrected chi connectivity index (χ2v) is 6.69. The number of rotatable bonds is 7. The molecule has 1 amide bonds. The molecule has 0 radical (unpaired) electrons. The third-order valence-corrected chi connectivity index (χ3v) is 4.19. The first-order chi connectivity index (χ1) is 11.5. The van der Waals surface area contributed by atoms with Crippen LogP contribution < -0.4 is 15.8 Å². The van der Waals surface area contributed by atoms with Crippen LogP contribution in [0.15, 0.2) is 17.1 Å². The molecule has 1 N–H and O–H groups in total. The number of ether oxygens (including phenoxy) is 1. The van der Waals surface area contributed by atoms with Crippen molar-refractivity contribution in [1.82, 2.24) is 15.1 Å². The Labute approximate surface area is 143 Å². The Kier molecular flexibility index (Phi) is 6.78. The van der Waals surface area contributed by atoms with Crippen LogP contribution in [0.5, 0.6) is 0 Å². The van der Waals surface area contributed by atoms with Crippen LogP contribution in [0.4, 0.5) is 5.69 Å². The van der Waals surface area contributed by atoms with Gasteiger partial charge in [0.25, 0.3) is 5.56 Å². The minimum atomic E-state index is -0.118. The summed E-state index contributed by atoms with van der Waals surface area (Å²) in [5.41, 5.74) is 0.709. The maximum Gasteiger partial charge on any atom is 0.268 e. The quantitative estimate of drug-likeness (QED) is 0.801. The van der Waals surface area contributed by atoms with E-state index in [4.69, 9.17) is 4.74 Å². The van der Waals surface area contributed by atoms with Crippen LogP contribution in [-0.2, 0) is 16.6 Å². The van der Waals surface area contributed by atoms with Crippen LogP contribution in [0.3, 0.4) is 0 Å². The third kappa shape index (κ3) is 5.63. The van der Waals surface area contributed by atoms with Crippen molar-refractivity contribution in [2.75, 3.05) is 31.1 Å². The molecule has 0 aromatic carbocycles. The normalized spacial score (nSPS) is 18.0. The molecule has 0 spiro atoms. The van der Waals surface area contributed by atoms with Gasteiger partial charge in [-0.3, -0.25) is 9.59 Å². The Morgan fingerprint density at radius 1 is 1.50 bits per heavy atom. The average Bonchev–Trinajstić information content (AvgIpc) is 2.56. The van der Waals surface area contributed by atoms with Gasteiger partial charge in [-0.2, -0.15) is 5.10 Å². The van der Waals surface area contributed by atoms with Gasteiger partial charge >= 0.3 is 0 Å². The smallest absolute Gasteiger partial charge is 0.268 e. The van der Waals surface area contributed by atoms with E-state index < -0.39 is 0 Å². The van der Waals surface area contributed by atoms with E-state index in [9.17, 15) is 9.59 Å². The van der Waals surface area contributed by atoms with Crippen LogP contribution in [0.1, 0.15) is 33.1 Å². The summed E-state index contributed by atoms with van der Waals surface area (Å²) in [6.45, 7) is 6.90. The lowest BCUT2D eigenvalue weighted by molar-refractivity contribution is -0.121. The topological polar surface area (TPSA) is 76.5 Å². The number of hydrogen-bond acceptors (Lipinski definition) is 5. The van der Waals surface area contributed by atoms with E-state index in [0.29, 0.717) is 32.0 Å². The van der Waals surface area contributed by atoms with Gasteiger partial charge in [-0.05, 0) is 18.8 Å². The van der Waals surface area contributed by atoms with E-state index in [0.717, 1.165) is 25.1 Å². The van der Waals surface area contributed by atoms with Crippen molar-refractivity contribution in [3.05, 3.63) is 22.6 Å². The van der Waals surface area contributed by atoms with Crippen molar-refractivity contribution in [1.29, 1.82) is 0 Å². The Hall–Kier alpha value is -1.89. The number of anilines is 1. The molecular weight excluding hydrogens is 308 g/mol. The highest BCUT2D eigenvalue weighted by Crippen LogP contribution is 2.16. The molecule has 7 heteroatoms. The number of aromatic nitrogens is 2. The van der Waals surface area contributed by atoms with Crippen molar-refractivity contribution in [2.45, 2.75) is 39.2 Å². The minimum absolute atomic E-state index is 0.0493. The summed E-state index contributed by atoms with van der Waals surface area (Å²) in [6.07, 6.45) is 4.01. The summed E-state index contributed by atoms with van der Waals surface area (Å²) in [7, 11) is 1.64. The molecule has 0 bridgehead atoms. The Morgan fingerprint density at radius 2 is 2.29 bits per heavy atom. The molecule has 2 heterocycles. The second-order valence-electron chi connectivity index (χ2n) is 6.69. The van der Waals surface area contributed by atoms with Gasteiger partial charge in [-0.1, -0.05) is 13.8 Å². The lowest BCUT2D eigenvalue weighted by Gasteiger charge is -2.34. The molecule has 0 saturated carbocycles. The fourth-order valence-electron chi connectivity index (χ4n) is 2.64. The van der Waals surface area contributed by atoms with Gasteiger partial charge < -0.3 is 15.0 Å². The number of amides is 1. The highest BCUT2D eigenvalue weighted by molar-refractivity contribution is 5.75. The molecule has 1 unspecified atom stereocenters. The zero-order valence-electron chi connectivity index (χ0n) is 14.8. The van der Waals surface area contributed by atoms with Gasteiger partial charge in [-0.25, -0.2) is 4.68 Å². The van der Waals surface area contributed by atoms with Gasteiger partial charge in [0.1, 0.15) is 0 Å². The van der Waals surface area contributed by atoms with Crippen molar-refractivity contribution in [3.8, 4) is 0 Å². The fourth-order valence-corrected chi connectivity index (χ4v) is 2.64. The third-order valence-electron chi connectivity index (χ3n) is 4.19. The van der Waals surface area contributed by atoms with E-state index in [1.165, 1.54) is 4.68 Å². The van der Waals surface area contributed by atoms with Crippen molar-refractivity contribution < 1.29 is 9.53 Å². The van der Waals surface area contributed by atoms with E-state index in [1.807, 2.05) is 0 Å². The monoisotopic (exact) mass is 336 g/mol. The van der Waals surface area contributed by atoms with Crippen LogP contribution in [0.25, 0.3) is 0 Å². The molecule has 1 aromatic heterocycles. The number of carbonyl (C=O) groups is 1. The first kappa shape index (κ1) is 18.4. The molecular formula is C17H28N4O3. The van der Waals surface area contributed by atoms with Gasteiger partial charge in [-0.15, -0.1) is 0 Å². The number of carbonyl (C=O) groups excluding carboxylic acids is 1. The number of morpholine rings is 1. The second kappa shape index (κ2) is 8.82. The molecule has 1 aliphatic heterocycles. The van der Waals surface area contributed by atoms with Crippen LogP contribution >= 0.6 is 0 Å². The number of nitrogens with one attached hydrogen (secondary N) is 1. The molecule has 134 valence electrons. The standard InChI is InChI=1S/C17H28N4O3/c1-13(2)4-5-16(22)18-7-6-15-12-21(8-9-24-15)14-10-17(23)20(3)19-11-14/h10-11,13,15H,4-9,12H2,1-3H3,(H,18,22). The summed E-state index contributed by atoms with van der Waals surface area (Å²) in [4.78, 5) is 25.6. The largest absolute Gasteiger partial charge is 0.374 e. The highest BCUT2D eigenvalue weighted by Gasteiger charge is 2.21. The molecule has 1 fully saturated rings. The van der Waals surface area contributed by atoms with Crippen LogP contribution in [0.2, 0.25) is 0 Å². The lowest BCUT2D eigenvalue weighted by atomic mass is 10.1.